The van der Waals surface area contributed by atoms with E-state index in [4.69, 9.17) is 22.4 Å². The molecule has 10 rings (SSSR count). The van der Waals surface area contributed by atoms with E-state index in [1.807, 2.05) is 106 Å². The monoisotopic (exact) mass is 989 g/mol. The number of pyridine rings is 2. The summed E-state index contributed by atoms with van der Waals surface area (Å²) in [4.78, 5) is 39.8. The van der Waals surface area contributed by atoms with E-state index in [0.29, 0.717) is 47.6 Å². The quantitative estimate of drug-likeness (QED) is 0.101. The Morgan fingerprint density at radius 3 is 1.36 bits per heavy atom. The lowest BCUT2D eigenvalue weighted by atomic mass is 10.1. The Kier molecular flexibility index (Phi) is 14.8. The summed E-state index contributed by atoms with van der Waals surface area (Å²) in [5.41, 5.74) is 9.52. The average molecular weight is 990 g/mol. The molecular formula is C57H59N13O2S. The van der Waals surface area contributed by atoms with Crippen LogP contribution in [0.15, 0.2) is 173 Å². The molecule has 0 atom stereocenters. The first-order chi connectivity index (χ1) is 35.4. The van der Waals surface area contributed by atoms with E-state index in [1.54, 1.807) is 47.2 Å². The van der Waals surface area contributed by atoms with Gasteiger partial charge in [-0.05, 0) is 71.5 Å². The van der Waals surface area contributed by atoms with Crippen LogP contribution in [0.3, 0.4) is 0 Å². The molecule has 0 bridgehead atoms. The Balaban J connectivity index is 0.000000180. The van der Waals surface area contributed by atoms with Crippen molar-refractivity contribution in [3.63, 3.8) is 0 Å². The van der Waals surface area contributed by atoms with Crippen molar-refractivity contribution in [3.05, 3.63) is 200 Å². The second-order valence-corrected chi connectivity index (χ2v) is 19.1. The normalized spacial score (nSPS) is 11.7. The molecule has 0 aliphatic rings. The van der Waals surface area contributed by atoms with Gasteiger partial charge in [0, 0.05) is 69.1 Å². The van der Waals surface area contributed by atoms with E-state index < -0.39 is 0 Å². The molecule has 2 N–H and O–H groups in total. The Morgan fingerprint density at radius 2 is 0.945 bits per heavy atom. The van der Waals surface area contributed by atoms with Crippen molar-refractivity contribution in [2.45, 2.75) is 53.9 Å². The molecule has 0 spiro atoms. The highest BCUT2D eigenvalue weighted by Crippen LogP contribution is 2.30. The second-order valence-electron chi connectivity index (χ2n) is 18.8. The lowest BCUT2D eigenvalue weighted by Crippen LogP contribution is -2.39. The van der Waals surface area contributed by atoms with Crippen molar-refractivity contribution in [3.8, 4) is 22.5 Å². The highest BCUT2D eigenvalue weighted by molar-refractivity contribution is 7.71. The zero-order valence-corrected chi connectivity index (χ0v) is 43.0. The fourth-order valence-corrected chi connectivity index (χ4v) is 9.10. The summed E-state index contributed by atoms with van der Waals surface area (Å²) in [5.74, 6) is 2.11. The molecule has 370 valence electrons. The molecule has 0 aliphatic heterocycles. The van der Waals surface area contributed by atoms with Crippen LogP contribution in [0.5, 0.6) is 0 Å². The standard InChI is InChI=1S/C29H31N7O.C28H28N6OS/c1-20(2)18-35-28-25(26(30-3)34(4)29(35)37)27(32-23-10-6-5-7-11-23)36(33-28)19-21-13-15-22(16-14-21)24-12-8-9-17-31-24;1-19(2)17-33-26-24(27(36)32(3)28(33)35)25(30-22-9-5-4-6-10-22)34(31-26)18-20-12-14-21(15-13-20)23-11-7-8-16-29-23/h5-17,20,32H,18-19H2,1-4H3;4-16,19,30H,17-18H2,1-3H3. The third-order valence-electron chi connectivity index (χ3n) is 12.3. The van der Waals surface area contributed by atoms with Gasteiger partial charge in [0.25, 0.3) is 0 Å². The third-order valence-corrected chi connectivity index (χ3v) is 12.8. The van der Waals surface area contributed by atoms with Gasteiger partial charge in [0.1, 0.15) is 27.2 Å². The molecule has 0 aliphatic carbocycles. The molecule has 16 heteroatoms. The summed E-state index contributed by atoms with van der Waals surface area (Å²) in [5, 5.41) is 18.6. The zero-order valence-electron chi connectivity index (χ0n) is 42.1. The van der Waals surface area contributed by atoms with Gasteiger partial charge >= 0.3 is 11.4 Å². The van der Waals surface area contributed by atoms with E-state index in [-0.39, 0.29) is 23.2 Å². The summed E-state index contributed by atoms with van der Waals surface area (Å²) < 4.78 is 10.9. The van der Waals surface area contributed by atoms with Gasteiger partial charge in [0.15, 0.2) is 11.3 Å². The highest BCUT2D eigenvalue weighted by atomic mass is 32.1. The molecule has 6 aromatic heterocycles. The van der Waals surface area contributed by atoms with Gasteiger partial charge in [-0.15, -0.1) is 0 Å². The van der Waals surface area contributed by atoms with E-state index in [9.17, 15) is 9.59 Å². The van der Waals surface area contributed by atoms with E-state index in [1.165, 1.54) is 4.57 Å². The van der Waals surface area contributed by atoms with Crippen LogP contribution in [0, 0.1) is 16.5 Å². The topological polar surface area (TPSA) is 152 Å². The van der Waals surface area contributed by atoms with Crippen LogP contribution < -0.4 is 27.5 Å². The van der Waals surface area contributed by atoms with Crippen molar-refractivity contribution in [2.75, 3.05) is 17.7 Å². The number of nitrogens with zero attached hydrogens (tertiary/aromatic N) is 11. The molecule has 0 radical (unpaired) electrons. The third kappa shape index (κ3) is 10.7. The van der Waals surface area contributed by atoms with Crippen LogP contribution >= 0.6 is 12.2 Å². The largest absolute Gasteiger partial charge is 0.340 e. The molecule has 10 aromatic rings. The van der Waals surface area contributed by atoms with Crippen LogP contribution in [0.4, 0.5) is 23.0 Å². The number of hydrogen-bond donors (Lipinski definition) is 2. The number of rotatable bonds is 14. The molecule has 15 nitrogen and oxygen atoms in total. The minimum Gasteiger partial charge on any atom is -0.340 e. The molecule has 0 amide bonds. The SMILES string of the molecule is CC(C)Cn1c(=O)n(C)c(=S)c2c(Nc3ccccc3)n(Cc3ccc(-c4ccccn4)cc3)nc21.CN=c1c2c(Nc3ccccc3)n(Cc3ccc(-c4ccccn4)cc3)nc2n(CC(C)C)c(=O)n1C. The van der Waals surface area contributed by atoms with Gasteiger partial charge in [-0.2, -0.15) is 10.2 Å². The van der Waals surface area contributed by atoms with Crippen LogP contribution in [-0.4, -0.2) is 54.8 Å². The molecular weight excluding hydrogens is 931 g/mol. The first-order valence-corrected chi connectivity index (χ1v) is 24.8. The average Bonchev–Trinajstić information content (AvgIpc) is 3.94. The highest BCUT2D eigenvalue weighted by Gasteiger charge is 2.23. The van der Waals surface area contributed by atoms with Crippen molar-refractivity contribution < 1.29 is 0 Å². The number of benzene rings is 4. The lowest BCUT2D eigenvalue weighted by molar-refractivity contribution is 0.496. The minimum atomic E-state index is -0.156. The fourth-order valence-electron chi connectivity index (χ4n) is 8.83. The number of fused-ring (bicyclic) bond motifs is 2. The van der Waals surface area contributed by atoms with Gasteiger partial charge in [0.2, 0.25) is 0 Å². The number of anilines is 4. The maximum atomic E-state index is 13.3. The first-order valence-electron chi connectivity index (χ1n) is 24.4. The Labute approximate surface area is 428 Å². The van der Waals surface area contributed by atoms with Crippen molar-refractivity contribution in [1.29, 1.82) is 0 Å². The number of para-hydroxylation sites is 2. The Morgan fingerprint density at radius 1 is 0.534 bits per heavy atom. The van der Waals surface area contributed by atoms with Gasteiger partial charge in [-0.25, -0.2) is 19.0 Å². The van der Waals surface area contributed by atoms with Gasteiger partial charge in [-0.3, -0.25) is 33.2 Å². The van der Waals surface area contributed by atoms with Crippen LogP contribution in [0.1, 0.15) is 38.8 Å². The summed E-state index contributed by atoms with van der Waals surface area (Å²) in [6, 6.07) is 48.3. The smallest absolute Gasteiger partial charge is 0.331 e. The van der Waals surface area contributed by atoms with Crippen LogP contribution in [0.2, 0.25) is 0 Å². The molecule has 73 heavy (non-hydrogen) atoms. The number of nitrogens with one attached hydrogen (secondary N) is 2. The van der Waals surface area contributed by atoms with Gasteiger partial charge in [-0.1, -0.05) is 137 Å². The molecule has 0 saturated carbocycles. The summed E-state index contributed by atoms with van der Waals surface area (Å²) >= 11 is 5.76. The van der Waals surface area contributed by atoms with E-state index >= 15 is 0 Å². The maximum absolute atomic E-state index is 13.3. The van der Waals surface area contributed by atoms with E-state index in [0.717, 1.165) is 67.4 Å². The van der Waals surface area contributed by atoms with Crippen LogP contribution in [0.25, 0.3) is 44.6 Å². The summed E-state index contributed by atoms with van der Waals surface area (Å²) in [6.45, 7) is 10.5. The Hall–Kier alpha value is -8.50. The predicted octanol–water partition coefficient (Wildman–Crippen LogP) is 10.4. The minimum absolute atomic E-state index is 0.127. The van der Waals surface area contributed by atoms with Crippen molar-refractivity contribution in [2.24, 2.45) is 30.9 Å². The summed E-state index contributed by atoms with van der Waals surface area (Å²) in [7, 11) is 5.20. The molecule has 4 aromatic carbocycles. The first kappa shape index (κ1) is 49.5. The fraction of sp³-hybridized carbons (Fsp3) is 0.228. The van der Waals surface area contributed by atoms with E-state index in [2.05, 4.69) is 102 Å². The summed E-state index contributed by atoms with van der Waals surface area (Å²) in [6.07, 6.45) is 3.59. The number of hydrogen-bond acceptors (Lipinski definition) is 10. The van der Waals surface area contributed by atoms with Gasteiger partial charge in [0.05, 0.1) is 29.9 Å². The molecule has 0 saturated heterocycles. The lowest BCUT2D eigenvalue weighted by Gasteiger charge is -2.13. The Bertz CT molecular complexity index is 3760. The number of aromatic nitrogens is 10. The molecule has 0 fully saturated rings. The predicted molar refractivity (Wildman–Crippen MR) is 295 cm³/mol. The van der Waals surface area contributed by atoms with Crippen molar-refractivity contribution >= 4 is 57.3 Å². The molecule has 6 heterocycles. The van der Waals surface area contributed by atoms with Crippen molar-refractivity contribution in [1.82, 2.24) is 47.8 Å². The maximum Gasteiger partial charge on any atom is 0.331 e. The van der Waals surface area contributed by atoms with Crippen LogP contribution in [-0.2, 0) is 40.3 Å². The molecule has 0 unspecified atom stereocenters. The zero-order chi connectivity index (χ0) is 51.2. The second kappa shape index (κ2) is 21.9. The van der Waals surface area contributed by atoms with Gasteiger partial charge < -0.3 is 10.6 Å².